The molecule has 0 radical (unpaired) electrons. The number of nitrogens with two attached hydrogens (primary N) is 1. The largest absolute Gasteiger partial charge is 0.484 e. The second-order valence-corrected chi connectivity index (χ2v) is 4.78. The molecular weight excluding hydrogens is 320 g/mol. The predicted octanol–water partition coefficient (Wildman–Crippen LogP) is 2.81. The van der Waals surface area contributed by atoms with Gasteiger partial charge in [-0.05, 0) is 25.1 Å². The maximum atomic E-state index is 11.6. The van der Waals surface area contributed by atoms with Crippen molar-refractivity contribution in [3.05, 3.63) is 39.0 Å². The van der Waals surface area contributed by atoms with E-state index in [0.29, 0.717) is 10.8 Å². The Morgan fingerprint density at radius 1 is 1.61 bits per heavy atom. The molecule has 1 aromatic carbocycles. The molecule has 0 atom stereocenters. The lowest BCUT2D eigenvalue weighted by atomic mass is 10.1. The average Bonchev–Trinajstić information content (AvgIpc) is 2.28. The van der Waals surface area contributed by atoms with E-state index in [4.69, 9.17) is 27.3 Å². The molecule has 18 heavy (non-hydrogen) atoms. The number of carbonyl (C=O) groups is 1. The highest BCUT2D eigenvalue weighted by atomic mass is 79.9. The summed E-state index contributed by atoms with van der Waals surface area (Å²) < 4.78 is 6.05. The number of ether oxygens (including phenoxy) is 1. The first kappa shape index (κ1) is 14.6. The Bertz CT molecular complexity index is 545. The lowest BCUT2D eigenvalue weighted by Crippen LogP contribution is -2.16. The summed E-state index contributed by atoms with van der Waals surface area (Å²) in [5, 5.41) is 9.14. The quantitative estimate of drug-likeness (QED) is 0.681. The molecule has 0 aliphatic heterocycles. The van der Waals surface area contributed by atoms with Gasteiger partial charge in [-0.25, -0.2) is 0 Å². The number of hydrogen-bond acceptors (Lipinski definition) is 4. The number of nitriles is 1. The third-order valence-corrected chi connectivity index (χ3v) is 2.83. The van der Waals surface area contributed by atoms with Gasteiger partial charge in [0.05, 0.1) is 5.02 Å². The van der Waals surface area contributed by atoms with Crippen LogP contribution < -0.4 is 10.5 Å². The highest BCUT2D eigenvalue weighted by molar-refractivity contribution is 9.10. The van der Waals surface area contributed by atoms with E-state index in [2.05, 4.69) is 15.9 Å². The van der Waals surface area contributed by atoms with Crippen LogP contribution in [0.5, 0.6) is 5.75 Å². The summed E-state index contributed by atoms with van der Waals surface area (Å²) in [6.07, 6.45) is 0. The smallest absolute Gasteiger partial charge is 0.212 e. The number of nitrogens with zero attached hydrogens (tertiary/aromatic N) is 1. The molecule has 2 N–H and O–H groups in total. The van der Waals surface area contributed by atoms with Gasteiger partial charge in [-0.3, -0.25) is 4.79 Å². The Morgan fingerprint density at radius 3 is 2.78 bits per heavy atom. The number of rotatable bonds is 4. The number of halogens is 2. The van der Waals surface area contributed by atoms with E-state index in [1.165, 1.54) is 6.92 Å². The van der Waals surface area contributed by atoms with Gasteiger partial charge in [-0.2, -0.15) is 5.26 Å². The second-order valence-electron chi connectivity index (χ2n) is 3.46. The van der Waals surface area contributed by atoms with Gasteiger partial charge in [-0.15, -0.1) is 0 Å². The van der Waals surface area contributed by atoms with Gasteiger partial charge in [-0.1, -0.05) is 27.5 Å². The summed E-state index contributed by atoms with van der Waals surface area (Å²) in [6.45, 7) is 1.21. The highest BCUT2D eigenvalue weighted by Crippen LogP contribution is 2.27. The monoisotopic (exact) mass is 328 g/mol. The lowest BCUT2D eigenvalue weighted by molar-refractivity contribution is -0.117. The molecule has 94 valence electrons. The number of carbonyl (C=O) groups excluding carboxylic acids is 1. The third-order valence-electron chi connectivity index (χ3n) is 2.04. The molecule has 0 aliphatic carbocycles. The zero-order valence-electron chi connectivity index (χ0n) is 9.54. The standard InChI is InChI=1S/C12H10BrClN2O2/c1-7(16)9(5-15)11(17)6-18-12-3-2-8(13)4-10(12)14/h2-4H,6,16H2,1H3/b9-7+. The Hall–Kier alpha value is -1.51. The SMILES string of the molecule is C/C(N)=C(/C#N)C(=O)COc1ccc(Br)cc1Cl. The molecule has 0 amide bonds. The molecule has 1 aromatic rings. The summed E-state index contributed by atoms with van der Waals surface area (Å²) >= 11 is 9.18. The number of Topliss-reactive ketones (excluding diaryl/α,β-unsaturated/α-hetero) is 1. The van der Waals surface area contributed by atoms with E-state index in [1.807, 2.05) is 0 Å². The van der Waals surface area contributed by atoms with Gasteiger partial charge >= 0.3 is 0 Å². The van der Waals surface area contributed by atoms with Gasteiger partial charge in [0.15, 0.2) is 6.61 Å². The average molecular weight is 330 g/mol. The summed E-state index contributed by atoms with van der Waals surface area (Å²) in [5.74, 6) is -0.100. The van der Waals surface area contributed by atoms with Crippen molar-refractivity contribution in [2.24, 2.45) is 5.73 Å². The minimum Gasteiger partial charge on any atom is -0.484 e. The van der Waals surface area contributed by atoms with Crippen LogP contribution in [0.1, 0.15) is 6.92 Å². The van der Waals surface area contributed by atoms with Crippen LogP contribution in [-0.4, -0.2) is 12.4 Å². The van der Waals surface area contributed by atoms with Gasteiger partial charge in [0.2, 0.25) is 5.78 Å². The van der Waals surface area contributed by atoms with Crippen molar-refractivity contribution in [1.29, 1.82) is 5.26 Å². The van der Waals surface area contributed by atoms with Crippen molar-refractivity contribution >= 4 is 33.3 Å². The van der Waals surface area contributed by atoms with Crippen LogP contribution in [0.25, 0.3) is 0 Å². The van der Waals surface area contributed by atoms with Crippen molar-refractivity contribution in [2.75, 3.05) is 6.61 Å². The Labute approximate surface area is 118 Å². The van der Waals surface area contributed by atoms with E-state index in [0.717, 1.165) is 4.47 Å². The normalized spacial score (nSPS) is 11.4. The molecule has 0 heterocycles. The predicted molar refractivity (Wildman–Crippen MR) is 72.2 cm³/mol. The lowest BCUT2D eigenvalue weighted by Gasteiger charge is -2.07. The first-order valence-electron chi connectivity index (χ1n) is 4.93. The van der Waals surface area contributed by atoms with Crippen molar-refractivity contribution in [2.45, 2.75) is 6.92 Å². The number of ketones is 1. The van der Waals surface area contributed by atoms with E-state index >= 15 is 0 Å². The molecule has 4 nitrogen and oxygen atoms in total. The zero-order valence-corrected chi connectivity index (χ0v) is 11.9. The summed E-state index contributed by atoms with van der Waals surface area (Å²) in [4.78, 5) is 11.6. The van der Waals surface area contributed by atoms with Gasteiger partial charge in [0.25, 0.3) is 0 Å². The van der Waals surface area contributed by atoms with E-state index in [9.17, 15) is 4.79 Å². The molecule has 0 fully saturated rings. The van der Waals surface area contributed by atoms with E-state index < -0.39 is 5.78 Å². The number of allylic oxidation sites excluding steroid dienone is 1. The molecule has 0 saturated heterocycles. The summed E-state index contributed by atoms with van der Waals surface area (Å²) in [6, 6.07) is 6.76. The first-order chi connectivity index (χ1) is 8.45. The molecule has 0 spiro atoms. The number of hydrogen-bond donors (Lipinski definition) is 1. The van der Waals surface area contributed by atoms with Gasteiger partial charge in [0, 0.05) is 10.2 Å². The second kappa shape index (κ2) is 6.43. The molecule has 1 rings (SSSR count). The molecule has 6 heteroatoms. The van der Waals surface area contributed by atoms with Crippen molar-refractivity contribution in [3.63, 3.8) is 0 Å². The Morgan fingerprint density at radius 2 is 2.28 bits per heavy atom. The van der Waals surface area contributed by atoms with E-state index in [1.54, 1.807) is 24.3 Å². The fourth-order valence-corrected chi connectivity index (χ4v) is 1.91. The molecule has 0 unspecified atom stereocenters. The highest BCUT2D eigenvalue weighted by Gasteiger charge is 2.13. The maximum absolute atomic E-state index is 11.6. The van der Waals surface area contributed by atoms with Crippen LogP contribution >= 0.6 is 27.5 Å². The Balaban J connectivity index is 2.75. The zero-order chi connectivity index (χ0) is 13.7. The summed E-state index contributed by atoms with van der Waals surface area (Å²) in [7, 11) is 0. The van der Waals surface area contributed by atoms with Crippen LogP contribution in [0.15, 0.2) is 33.9 Å². The number of benzene rings is 1. The van der Waals surface area contributed by atoms with E-state index in [-0.39, 0.29) is 17.9 Å². The topological polar surface area (TPSA) is 76.1 Å². The fourth-order valence-electron chi connectivity index (χ4n) is 1.18. The van der Waals surface area contributed by atoms with Crippen molar-refractivity contribution in [3.8, 4) is 11.8 Å². The van der Waals surface area contributed by atoms with Crippen LogP contribution in [0, 0.1) is 11.3 Å². The maximum Gasteiger partial charge on any atom is 0.212 e. The van der Waals surface area contributed by atoms with Crippen LogP contribution in [-0.2, 0) is 4.79 Å². The minimum atomic E-state index is -0.475. The molecule has 0 bridgehead atoms. The molecule has 0 saturated carbocycles. The van der Waals surface area contributed by atoms with Crippen molar-refractivity contribution < 1.29 is 9.53 Å². The fraction of sp³-hybridized carbons (Fsp3) is 0.167. The van der Waals surface area contributed by atoms with Gasteiger partial charge < -0.3 is 10.5 Å². The Kier molecular flexibility index (Phi) is 5.20. The molecule has 0 aliphatic rings. The van der Waals surface area contributed by atoms with Crippen LogP contribution in [0.4, 0.5) is 0 Å². The van der Waals surface area contributed by atoms with Crippen molar-refractivity contribution in [1.82, 2.24) is 0 Å². The third kappa shape index (κ3) is 3.76. The van der Waals surface area contributed by atoms with Crippen LogP contribution in [0.3, 0.4) is 0 Å². The van der Waals surface area contributed by atoms with Crippen LogP contribution in [0.2, 0.25) is 5.02 Å². The first-order valence-corrected chi connectivity index (χ1v) is 6.10. The molecule has 0 aromatic heterocycles. The van der Waals surface area contributed by atoms with Gasteiger partial charge in [0.1, 0.15) is 17.4 Å². The summed E-state index contributed by atoms with van der Waals surface area (Å²) in [5.41, 5.74) is 5.50. The minimum absolute atomic E-state index is 0.0942. The molecular formula is C12H10BrClN2O2.